The number of fused-ring (bicyclic) bond motifs is 1. The fourth-order valence-electron chi connectivity index (χ4n) is 2.06. The number of nitrogens with zero attached hydrogens (tertiary/aromatic N) is 1. The molecule has 0 aliphatic carbocycles. The summed E-state index contributed by atoms with van der Waals surface area (Å²) < 4.78 is 11.0. The molecule has 1 heterocycles. The van der Waals surface area contributed by atoms with E-state index in [9.17, 15) is 0 Å². The highest BCUT2D eigenvalue weighted by molar-refractivity contribution is 6.31. The summed E-state index contributed by atoms with van der Waals surface area (Å²) in [5, 5.41) is 0.588. The highest BCUT2D eigenvalue weighted by atomic mass is 35.5. The van der Waals surface area contributed by atoms with Gasteiger partial charge in [0.1, 0.15) is 11.1 Å². The van der Waals surface area contributed by atoms with Gasteiger partial charge in [-0.25, -0.2) is 4.98 Å². The number of anilines is 2. The fourth-order valence-corrected chi connectivity index (χ4v) is 2.23. The fraction of sp³-hybridized carbons (Fsp3) is 0.0714. The smallest absolute Gasteiger partial charge is 0.233 e. The maximum atomic E-state index is 5.99. The second-order valence-electron chi connectivity index (χ2n) is 4.28. The van der Waals surface area contributed by atoms with Gasteiger partial charge in [0.2, 0.25) is 5.89 Å². The first-order chi connectivity index (χ1) is 9.60. The van der Waals surface area contributed by atoms with Crippen molar-refractivity contribution in [1.29, 1.82) is 0 Å². The molecule has 20 heavy (non-hydrogen) atoms. The highest BCUT2D eigenvalue weighted by Crippen LogP contribution is 2.40. The van der Waals surface area contributed by atoms with E-state index in [4.69, 9.17) is 32.2 Å². The number of ether oxygens (including phenoxy) is 1. The summed E-state index contributed by atoms with van der Waals surface area (Å²) >= 11 is 5.94. The van der Waals surface area contributed by atoms with Crippen LogP contribution < -0.4 is 16.2 Å². The van der Waals surface area contributed by atoms with Gasteiger partial charge in [0.25, 0.3) is 0 Å². The van der Waals surface area contributed by atoms with Crippen LogP contribution in [0.5, 0.6) is 5.75 Å². The van der Waals surface area contributed by atoms with Crippen molar-refractivity contribution in [3.8, 4) is 17.2 Å². The molecule has 0 radical (unpaired) electrons. The molecule has 0 amide bonds. The largest absolute Gasteiger partial charge is 0.494 e. The standard InChI is InChI=1S/C14H12ClN3O2/c1-19-13-9(17)4-3-8(16)12(13)14-18-10-6-7(15)2-5-11(10)20-14/h2-6H,16-17H2,1H3. The number of nitrogen functional groups attached to an aromatic ring is 2. The first-order valence-electron chi connectivity index (χ1n) is 5.88. The van der Waals surface area contributed by atoms with Gasteiger partial charge < -0.3 is 20.6 Å². The topological polar surface area (TPSA) is 87.3 Å². The Labute approximate surface area is 120 Å². The number of methoxy groups -OCH3 is 1. The molecule has 102 valence electrons. The minimum atomic E-state index is 0.351. The molecule has 0 aliphatic heterocycles. The van der Waals surface area contributed by atoms with Crippen LogP contribution in [0.3, 0.4) is 0 Å². The maximum absolute atomic E-state index is 5.99. The molecule has 1 aromatic heterocycles. The Balaban J connectivity index is 2.27. The van der Waals surface area contributed by atoms with Gasteiger partial charge in [-0.05, 0) is 30.3 Å². The molecule has 4 N–H and O–H groups in total. The number of benzene rings is 2. The van der Waals surface area contributed by atoms with Crippen molar-refractivity contribution >= 4 is 34.1 Å². The van der Waals surface area contributed by atoms with E-state index in [0.29, 0.717) is 44.7 Å². The Bertz CT molecular complexity index is 798. The van der Waals surface area contributed by atoms with Gasteiger partial charge in [-0.15, -0.1) is 0 Å². The van der Waals surface area contributed by atoms with E-state index in [0.717, 1.165) is 0 Å². The van der Waals surface area contributed by atoms with Crippen LogP contribution >= 0.6 is 11.6 Å². The molecule has 5 nitrogen and oxygen atoms in total. The molecule has 0 bridgehead atoms. The quantitative estimate of drug-likeness (QED) is 0.707. The average molecular weight is 290 g/mol. The minimum absolute atomic E-state index is 0.351. The second-order valence-corrected chi connectivity index (χ2v) is 4.72. The van der Waals surface area contributed by atoms with Crippen LogP contribution in [0, 0.1) is 0 Å². The number of aromatic nitrogens is 1. The van der Waals surface area contributed by atoms with Crippen LogP contribution in [0.2, 0.25) is 5.02 Å². The lowest BCUT2D eigenvalue weighted by atomic mass is 10.1. The van der Waals surface area contributed by atoms with Crippen LogP contribution in [-0.2, 0) is 0 Å². The van der Waals surface area contributed by atoms with E-state index < -0.39 is 0 Å². The summed E-state index contributed by atoms with van der Waals surface area (Å²) in [6, 6.07) is 8.58. The zero-order chi connectivity index (χ0) is 14.3. The molecular weight excluding hydrogens is 278 g/mol. The van der Waals surface area contributed by atoms with Crippen LogP contribution in [-0.4, -0.2) is 12.1 Å². The van der Waals surface area contributed by atoms with Crippen LogP contribution in [0.25, 0.3) is 22.6 Å². The predicted molar refractivity (Wildman–Crippen MR) is 79.8 cm³/mol. The number of hydrogen-bond donors (Lipinski definition) is 2. The monoisotopic (exact) mass is 289 g/mol. The normalized spacial score (nSPS) is 10.9. The zero-order valence-electron chi connectivity index (χ0n) is 10.7. The van der Waals surface area contributed by atoms with Gasteiger partial charge in [0, 0.05) is 10.7 Å². The summed E-state index contributed by atoms with van der Waals surface area (Å²) in [6.45, 7) is 0. The Hall–Kier alpha value is -2.40. The first-order valence-corrected chi connectivity index (χ1v) is 6.26. The van der Waals surface area contributed by atoms with Crippen LogP contribution in [0.1, 0.15) is 0 Å². The minimum Gasteiger partial charge on any atom is -0.494 e. The van der Waals surface area contributed by atoms with Gasteiger partial charge >= 0.3 is 0 Å². The van der Waals surface area contributed by atoms with Crippen LogP contribution in [0.4, 0.5) is 11.4 Å². The van der Waals surface area contributed by atoms with Crippen molar-refractivity contribution in [3.63, 3.8) is 0 Å². The van der Waals surface area contributed by atoms with Crippen molar-refractivity contribution in [2.75, 3.05) is 18.6 Å². The lowest BCUT2D eigenvalue weighted by Gasteiger charge is -2.10. The average Bonchev–Trinajstić information content (AvgIpc) is 2.83. The number of halogens is 1. The molecule has 0 unspecified atom stereocenters. The van der Waals surface area contributed by atoms with Gasteiger partial charge in [-0.1, -0.05) is 11.6 Å². The van der Waals surface area contributed by atoms with Crippen LogP contribution in [0.15, 0.2) is 34.7 Å². The van der Waals surface area contributed by atoms with Gasteiger partial charge in [0.15, 0.2) is 11.3 Å². The van der Waals surface area contributed by atoms with Gasteiger partial charge in [-0.3, -0.25) is 0 Å². The van der Waals surface area contributed by atoms with E-state index in [-0.39, 0.29) is 0 Å². The van der Waals surface area contributed by atoms with Crippen molar-refractivity contribution in [3.05, 3.63) is 35.4 Å². The third-order valence-corrected chi connectivity index (χ3v) is 3.22. The highest BCUT2D eigenvalue weighted by Gasteiger charge is 2.18. The molecule has 0 fully saturated rings. The lowest BCUT2D eigenvalue weighted by Crippen LogP contribution is -1.99. The SMILES string of the molecule is COc1c(N)ccc(N)c1-c1nc2cc(Cl)ccc2o1. The molecular formula is C14H12ClN3O2. The lowest BCUT2D eigenvalue weighted by molar-refractivity contribution is 0.417. The second kappa shape index (κ2) is 4.61. The predicted octanol–water partition coefficient (Wildman–Crippen LogP) is 3.32. The maximum Gasteiger partial charge on any atom is 0.233 e. The number of hydrogen-bond acceptors (Lipinski definition) is 5. The molecule has 2 aromatic carbocycles. The van der Waals surface area contributed by atoms with Crippen molar-refractivity contribution in [2.24, 2.45) is 0 Å². The summed E-state index contributed by atoms with van der Waals surface area (Å²) in [5.74, 6) is 0.798. The van der Waals surface area contributed by atoms with Gasteiger partial charge in [-0.2, -0.15) is 0 Å². The Morgan fingerprint density at radius 1 is 1.15 bits per heavy atom. The van der Waals surface area contributed by atoms with E-state index in [2.05, 4.69) is 4.98 Å². The van der Waals surface area contributed by atoms with E-state index in [1.165, 1.54) is 7.11 Å². The van der Waals surface area contributed by atoms with Crippen molar-refractivity contribution in [1.82, 2.24) is 4.98 Å². The van der Waals surface area contributed by atoms with E-state index in [1.807, 2.05) is 0 Å². The van der Waals surface area contributed by atoms with E-state index >= 15 is 0 Å². The molecule has 3 rings (SSSR count). The van der Waals surface area contributed by atoms with Gasteiger partial charge in [0.05, 0.1) is 12.8 Å². The van der Waals surface area contributed by atoms with E-state index in [1.54, 1.807) is 30.3 Å². The third kappa shape index (κ3) is 1.92. The summed E-state index contributed by atoms with van der Waals surface area (Å²) in [5.41, 5.74) is 14.6. The Morgan fingerprint density at radius 3 is 2.65 bits per heavy atom. The zero-order valence-corrected chi connectivity index (χ0v) is 11.4. The first kappa shape index (κ1) is 12.6. The number of nitrogens with two attached hydrogens (primary N) is 2. The molecule has 0 aliphatic rings. The molecule has 0 saturated carbocycles. The molecule has 0 atom stereocenters. The number of oxazole rings is 1. The molecule has 3 aromatic rings. The molecule has 6 heteroatoms. The Kier molecular flexibility index (Phi) is 2.91. The summed E-state index contributed by atoms with van der Waals surface area (Å²) in [6.07, 6.45) is 0. The van der Waals surface area contributed by atoms with Crippen molar-refractivity contribution < 1.29 is 9.15 Å². The Morgan fingerprint density at radius 2 is 1.90 bits per heavy atom. The number of rotatable bonds is 2. The molecule has 0 saturated heterocycles. The molecule has 0 spiro atoms. The third-order valence-electron chi connectivity index (χ3n) is 2.99. The summed E-state index contributed by atoms with van der Waals surface area (Å²) in [4.78, 5) is 4.39. The van der Waals surface area contributed by atoms with Crippen molar-refractivity contribution in [2.45, 2.75) is 0 Å². The summed E-state index contributed by atoms with van der Waals surface area (Å²) in [7, 11) is 1.52.